The molecule has 1 unspecified atom stereocenters. The van der Waals surface area contributed by atoms with Gasteiger partial charge in [0.15, 0.2) is 0 Å². The van der Waals surface area contributed by atoms with Crippen molar-refractivity contribution in [3.05, 3.63) is 30.6 Å². The van der Waals surface area contributed by atoms with Crippen molar-refractivity contribution in [2.75, 3.05) is 11.2 Å². The van der Waals surface area contributed by atoms with E-state index >= 15 is 0 Å². The van der Waals surface area contributed by atoms with Crippen LogP contribution in [0.5, 0.6) is 0 Å². The van der Waals surface area contributed by atoms with Crippen LogP contribution in [0, 0.1) is 0 Å². The summed E-state index contributed by atoms with van der Waals surface area (Å²) in [6, 6.07) is 8.38. The Morgan fingerprint density at radius 1 is 1.29 bits per heavy atom. The number of benzene rings is 1. The van der Waals surface area contributed by atoms with Crippen LogP contribution in [0.3, 0.4) is 0 Å². The normalized spacial score (nSPS) is 12.6. The smallest absolute Gasteiger partial charge is 0.137 e. The standard InChI is InChI=1S/C13H16ClN3/c1-10(5-4-8-14)17-13-11-6-2-3-7-12(11)15-9-16-13/h2-3,6-7,9-10H,4-5,8H2,1H3,(H,15,16,17). The third kappa shape index (κ3) is 3.07. The van der Waals surface area contributed by atoms with E-state index in [0.29, 0.717) is 11.9 Å². The predicted octanol–water partition coefficient (Wildman–Crippen LogP) is 3.45. The molecule has 2 rings (SSSR count). The first kappa shape index (κ1) is 12.1. The van der Waals surface area contributed by atoms with Gasteiger partial charge >= 0.3 is 0 Å². The number of halogens is 1. The van der Waals surface area contributed by atoms with Crippen molar-refractivity contribution < 1.29 is 0 Å². The fourth-order valence-corrected chi connectivity index (χ4v) is 1.96. The zero-order valence-electron chi connectivity index (χ0n) is 9.86. The highest BCUT2D eigenvalue weighted by Gasteiger charge is 2.06. The number of anilines is 1. The second-order valence-corrected chi connectivity index (χ2v) is 4.49. The summed E-state index contributed by atoms with van der Waals surface area (Å²) in [6.45, 7) is 2.14. The quantitative estimate of drug-likeness (QED) is 0.825. The Hall–Kier alpha value is -1.35. The van der Waals surface area contributed by atoms with Crippen LogP contribution in [-0.4, -0.2) is 21.9 Å². The summed E-state index contributed by atoms with van der Waals surface area (Å²) in [5.41, 5.74) is 0.967. The van der Waals surface area contributed by atoms with Crippen molar-refractivity contribution in [1.29, 1.82) is 0 Å². The molecule has 0 fully saturated rings. The molecule has 1 aromatic carbocycles. The number of nitrogens with zero attached hydrogens (tertiary/aromatic N) is 2. The van der Waals surface area contributed by atoms with Crippen molar-refractivity contribution in [1.82, 2.24) is 9.97 Å². The minimum absolute atomic E-state index is 0.368. The number of rotatable bonds is 5. The van der Waals surface area contributed by atoms with Gasteiger partial charge in [-0.05, 0) is 31.9 Å². The molecule has 0 bridgehead atoms. The lowest BCUT2D eigenvalue weighted by atomic mass is 10.2. The molecule has 0 spiro atoms. The topological polar surface area (TPSA) is 37.8 Å². The number of aromatic nitrogens is 2. The number of nitrogens with one attached hydrogen (secondary N) is 1. The first-order chi connectivity index (χ1) is 8.31. The molecule has 1 heterocycles. The predicted molar refractivity (Wildman–Crippen MR) is 72.6 cm³/mol. The Labute approximate surface area is 106 Å². The first-order valence-electron chi connectivity index (χ1n) is 5.83. The van der Waals surface area contributed by atoms with Crippen LogP contribution in [0.15, 0.2) is 30.6 Å². The molecule has 0 amide bonds. The molecule has 0 saturated carbocycles. The van der Waals surface area contributed by atoms with Crippen LogP contribution in [0.25, 0.3) is 10.9 Å². The van der Waals surface area contributed by atoms with Crippen LogP contribution in [0.4, 0.5) is 5.82 Å². The fourth-order valence-electron chi connectivity index (χ4n) is 1.81. The second-order valence-electron chi connectivity index (χ2n) is 4.12. The lowest BCUT2D eigenvalue weighted by molar-refractivity contribution is 0.691. The van der Waals surface area contributed by atoms with Crippen LogP contribution < -0.4 is 5.32 Å². The van der Waals surface area contributed by atoms with Gasteiger partial charge in [0.05, 0.1) is 5.52 Å². The summed E-state index contributed by atoms with van der Waals surface area (Å²) in [5.74, 6) is 1.61. The molecule has 1 N–H and O–H groups in total. The maximum Gasteiger partial charge on any atom is 0.137 e. The molecule has 0 aliphatic heterocycles. The molecule has 3 nitrogen and oxygen atoms in total. The van der Waals surface area contributed by atoms with Gasteiger partial charge < -0.3 is 5.32 Å². The molecule has 0 saturated heterocycles. The zero-order chi connectivity index (χ0) is 12.1. The molecular weight excluding hydrogens is 234 g/mol. The summed E-state index contributed by atoms with van der Waals surface area (Å²) in [7, 11) is 0. The Kier molecular flexibility index (Phi) is 4.15. The van der Waals surface area contributed by atoms with E-state index in [1.54, 1.807) is 6.33 Å². The number of hydrogen-bond donors (Lipinski definition) is 1. The van der Waals surface area contributed by atoms with E-state index in [4.69, 9.17) is 11.6 Å². The third-order valence-corrected chi connectivity index (χ3v) is 2.96. The summed E-state index contributed by atoms with van der Waals surface area (Å²) < 4.78 is 0. The summed E-state index contributed by atoms with van der Waals surface area (Å²) in [5, 5.41) is 4.47. The van der Waals surface area contributed by atoms with E-state index in [2.05, 4.69) is 22.2 Å². The van der Waals surface area contributed by atoms with E-state index in [1.165, 1.54) is 0 Å². The Bertz CT molecular complexity index is 482. The van der Waals surface area contributed by atoms with Crippen molar-refractivity contribution in [2.24, 2.45) is 0 Å². The van der Waals surface area contributed by atoms with Gasteiger partial charge in [0.2, 0.25) is 0 Å². The van der Waals surface area contributed by atoms with Gasteiger partial charge in [-0.1, -0.05) is 12.1 Å². The number of hydrogen-bond acceptors (Lipinski definition) is 3. The van der Waals surface area contributed by atoms with Crippen LogP contribution in [-0.2, 0) is 0 Å². The third-order valence-electron chi connectivity index (χ3n) is 2.70. The summed E-state index contributed by atoms with van der Waals surface area (Å²) in [4.78, 5) is 8.54. The van der Waals surface area contributed by atoms with Gasteiger partial charge in [-0.25, -0.2) is 9.97 Å². The molecule has 17 heavy (non-hydrogen) atoms. The largest absolute Gasteiger partial charge is 0.367 e. The van der Waals surface area contributed by atoms with Gasteiger partial charge in [0.25, 0.3) is 0 Å². The van der Waals surface area contributed by atoms with Gasteiger partial charge in [-0.15, -0.1) is 11.6 Å². The molecule has 0 aliphatic rings. The molecule has 4 heteroatoms. The monoisotopic (exact) mass is 249 g/mol. The molecule has 2 aromatic rings. The van der Waals surface area contributed by atoms with Crippen molar-refractivity contribution in [3.63, 3.8) is 0 Å². The maximum atomic E-state index is 5.69. The lowest BCUT2D eigenvalue weighted by Gasteiger charge is -2.14. The minimum atomic E-state index is 0.368. The number of para-hydroxylation sites is 1. The van der Waals surface area contributed by atoms with E-state index in [1.807, 2.05) is 24.3 Å². The SMILES string of the molecule is CC(CCCCl)Nc1ncnc2ccccc12. The first-order valence-corrected chi connectivity index (χ1v) is 6.37. The average molecular weight is 250 g/mol. The minimum Gasteiger partial charge on any atom is -0.367 e. The second kappa shape index (κ2) is 5.82. The number of alkyl halides is 1. The molecular formula is C13H16ClN3. The van der Waals surface area contributed by atoms with Crippen molar-refractivity contribution in [3.8, 4) is 0 Å². The van der Waals surface area contributed by atoms with Crippen LogP contribution >= 0.6 is 11.6 Å². The average Bonchev–Trinajstić information content (AvgIpc) is 2.37. The highest BCUT2D eigenvalue weighted by atomic mass is 35.5. The fraction of sp³-hybridized carbons (Fsp3) is 0.385. The van der Waals surface area contributed by atoms with Gasteiger partial charge in [0, 0.05) is 17.3 Å². The van der Waals surface area contributed by atoms with E-state index in [0.717, 1.165) is 29.6 Å². The van der Waals surface area contributed by atoms with Gasteiger partial charge in [-0.2, -0.15) is 0 Å². The van der Waals surface area contributed by atoms with E-state index in [9.17, 15) is 0 Å². The van der Waals surface area contributed by atoms with E-state index in [-0.39, 0.29) is 0 Å². The molecule has 90 valence electrons. The van der Waals surface area contributed by atoms with Crippen molar-refractivity contribution in [2.45, 2.75) is 25.8 Å². The van der Waals surface area contributed by atoms with E-state index < -0.39 is 0 Å². The molecule has 0 aliphatic carbocycles. The van der Waals surface area contributed by atoms with Crippen molar-refractivity contribution >= 4 is 28.3 Å². The van der Waals surface area contributed by atoms with Gasteiger partial charge in [0.1, 0.15) is 12.1 Å². The van der Waals surface area contributed by atoms with Crippen LogP contribution in [0.2, 0.25) is 0 Å². The Balaban J connectivity index is 2.18. The molecule has 0 radical (unpaired) electrons. The highest BCUT2D eigenvalue weighted by Crippen LogP contribution is 2.19. The summed E-state index contributed by atoms with van der Waals surface area (Å²) in [6.07, 6.45) is 3.65. The highest BCUT2D eigenvalue weighted by molar-refractivity contribution is 6.17. The maximum absolute atomic E-state index is 5.69. The molecule has 1 aromatic heterocycles. The molecule has 1 atom stereocenters. The van der Waals surface area contributed by atoms with Gasteiger partial charge in [-0.3, -0.25) is 0 Å². The number of fused-ring (bicyclic) bond motifs is 1. The lowest BCUT2D eigenvalue weighted by Crippen LogP contribution is -2.16. The van der Waals surface area contributed by atoms with Crippen LogP contribution in [0.1, 0.15) is 19.8 Å². The zero-order valence-corrected chi connectivity index (χ0v) is 10.6. The Morgan fingerprint density at radius 3 is 2.94 bits per heavy atom. The Morgan fingerprint density at radius 2 is 2.12 bits per heavy atom. The summed E-state index contributed by atoms with van der Waals surface area (Å²) >= 11 is 5.69.